The molecule has 1 aromatic carbocycles. The number of aryl methyl sites for hydroxylation is 1. The lowest BCUT2D eigenvalue weighted by Gasteiger charge is -2.42. The molecule has 0 aliphatic carbocycles. The minimum Gasteiger partial charge on any atom is -0.489 e. The van der Waals surface area contributed by atoms with Crippen molar-refractivity contribution in [1.82, 2.24) is 25.2 Å². The number of carboxylic acid groups (broad SMARTS) is 1. The molecule has 2 fully saturated rings. The molecule has 4 rings (SSSR count). The Morgan fingerprint density at radius 1 is 1.32 bits per heavy atom. The van der Waals surface area contributed by atoms with Crippen molar-refractivity contribution in [3.8, 4) is 5.75 Å². The van der Waals surface area contributed by atoms with E-state index in [1.165, 1.54) is 6.92 Å². The van der Waals surface area contributed by atoms with Gasteiger partial charge in [-0.05, 0) is 57.5 Å². The molecular weight excluding hydrogens is 620 g/mol. The molecule has 0 saturated carbocycles. The maximum Gasteiger partial charge on any atom is 0.362 e. The molecule has 2 amide bonds. The number of carboxylic acids is 1. The second-order valence-corrected chi connectivity index (χ2v) is 12.6. The Balaban J connectivity index is 1.43. The number of carbonyl (C=O) groups is 3. The van der Waals surface area contributed by atoms with Gasteiger partial charge in [-0.15, -0.1) is 11.3 Å². The van der Waals surface area contributed by atoms with Crippen LogP contribution in [0.5, 0.6) is 5.75 Å². The fourth-order valence-electron chi connectivity index (χ4n) is 4.56. The van der Waals surface area contributed by atoms with Gasteiger partial charge in [-0.25, -0.2) is 14.1 Å². The summed E-state index contributed by atoms with van der Waals surface area (Å²) in [6.07, 6.45) is 0.290. The number of piperidine rings is 1. The first-order valence-electron chi connectivity index (χ1n) is 13.4. The van der Waals surface area contributed by atoms with E-state index in [-0.39, 0.29) is 27.0 Å². The highest BCUT2D eigenvalue weighted by Gasteiger charge is 2.51. The van der Waals surface area contributed by atoms with E-state index < -0.39 is 58.6 Å². The summed E-state index contributed by atoms with van der Waals surface area (Å²) >= 11 is 1.02. The Morgan fingerprint density at radius 2 is 2.02 bits per heavy atom. The van der Waals surface area contributed by atoms with E-state index >= 15 is 0 Å². The lowest BCUT2D eigenvalue weighted by Crippen LogP contribution is -2.71. The van der Waals surface area contributed by atoms with Gasteiger partial charge < -0.3 is 36.4 Å². The molecule has 4 atom stereocenters. The average molecular weight is 653 g/mol. The Hall–Kier alpha value is -4.33. The molecule has 1 aromatic heterocycles. The molecular formula is C25H32N8O9S2. The summed E-state index contributed by atoms with van der Waals surface area (Å²) in [6.45, 7) is 4.07. The molecule has 2 aliphatic rings. The third-order valence-electron chi connectivity index (χ3n) is 6.86. The molecule has 19 heteroatoms. The molecule has 17 nitrogen and oxygen atoms in total. The van der Waals surface area contributed by atoms with E-state index in [9.17, 15) is 32.5 Å². The zero-order chi connectivity index (χ0) is 32.2. The van der Waals surface area contributed by atoms with Crippen LogP contribution in [0.4, 0.5) is 5.13 Å². The summed E-state index contributed by atoms with van der Waals surface area (Å²) in [4.78, 5) is 47.0. The van der Waals surface area contributed by atoms with Crippen molar-refractivity contribution in [3.05, 3.63) is 40.4 Å². The van der Waals surface area contributed by atoms with E-state index in [1.54, 1.807) is 31.2 Å². The number of nitrogens with zero attached hydrogens (tertiary/aromatic N) is 3. The van der Waals surface area contributed by atoms with Crippen molar-refractivity contribution in [2.45, 2.75) is 50.9 Å². The van der Waals surface area contributed by atoms with Crippen molar-refractivity contribution in [1.29, 1.82) is 5.41 Å². The Morgan fingerprint density at radius 3 is 2.57 bits per heavy atom. The molecule has 0 radical (unpaired) electrons. The maximum atomic E-state index is 13.1. The number of oxime groups is 1. The maximum absolute atomic E-state index is 13.1. The Bertz CT molecular complexity index is 1560. The van der Waals surface area contributed by atoms with Gasteiger partial charge in [0.1, 0.15) is 29.9 Å². The molecule has 2 aliphatic heterocycles. The SMILES string of the molecule is Cc1sc(N)nc1/C(=N/OC(COc1ccc(C(=N)N[C@H]2CCCNC2)cc1)C(=O)O)C(=O)N[C@@H]1C(=O)N(S(=O)(=O)O)[C@@H]1C. The lowest BCUT2D eigenvalue weighted by atomic mass is 10.0. The minimum atomic E-state index is -4.83. The summed E-state index contributed by atoms with van der Waals surface area (Å²) < 4.78 is 37.8. The van der Waals surface area contributed by atoms with Gasteiger partial charge in [0, 0.05) is 23.0 Å². The average Bonchev–Trinajstić information content (AvgIpc) is 3.30. The van der Waals surface area contributed by atoms with Gasteiger partial charge in [-0.2, -0.15) is 8.42 Å². The van der Waals surface area contributed by atoms with Gasteiger partial charge >= 0.3 is 16.3 Å². The number of aromatic nitrogens is 1. The largest absolute Gasteiger partial charge is 0.489 e. The van der Waals surface area contributed by atoms with Crippen LogP contribution < -0.4 is 26.4 Å². The molecule has 1 unspecified atom stereocenters. The van der Waals surface area contributed by atoms with Crippen LogP contribution in [-0.2, 0) is 29.5 Å². The van der Waals surface area contributed by atoms with Crippen molar-refractivity contribution in [2.75, 3.05) is 25.4 Å². The summed E-state index contributed by atoms with van der Waals surface area (Å²) in [6, 6.07) is 4.16. The van der Waals surface area contributed by atoms with Crippen molar-refractivity contribution < 1.29 is 42.0 Å². The van der Waals surface area contributed by atoms with Crippen molar-refractivity contribution in [2.24, 2.45) is 5.16 Å². The van der Waals surface area contributed by atoms with Crippen LogP contribution in [0, 0.1) is 12.3 Å². The fraction of sp³-hybridized carbons (Fsp3) is 0.440. The zero-order valence-electron chi connectivity index (χ0n) is 23.6. The van der Waals surface area contributed by atoms with Crippen LogP contribution in [0.15, 0.2) is 29.4 Å². The normalized spacial score (nSPS) is 21.2. The monoisotopic (exact) mass is 652 g/mol. The fourth-order valence-corrected chi connectivity index (χ4v) is 6.13. The molecule has 8 N–H and O–H groups in total. The Kier molecular flexibility index (Phi) is 10.0. The standard InChI is InChI=1S/C25H32N8O9S2/c1-12-18(23(35)33(12)44(38,39)40)30-22(34)20(19-13(2)43-25(27)31-19)32-42-17(24(36)37)11-41-16-7-5-14(6-8-16)21(26)29-15-4-3-9-28-10-15/h5-8,12,15,17-18,28H,3-4,9-11H2,1-2H3,(H2,26,29)(H2,27,31)(H,30,34)(H,36,37)(H,38,39,40)/b32-20-/t12-,15+,17?,18+/m1/s1. The number of ether oxygens (including phenoxy) is 1. The van der Waals surface area contributed by atoms with E-state index in [0.29, 0.717) is 16.2 Å². The number of nitrogens with two attached hydrogens (primary N) is 1. The molecule has 2 saturated heterocycles. The summed E-state index contributed by atoms with van der Waals surface area (Å²) in [5.41, 5.74) is 5.80. The molecule has 3 heterocycles. The van der Waals surface area contributed by atoms with E-state index in [1.807, 2.05) is 0 Å². The van der Waals surface area contributed by atoms with E-state index in [0.717, 1.165) is 37.3 Å². The highest BCUT2D eigenvalue weighted by Crippen LogP contribution is 2.24. The quantitative estimate of drug-likeness (QED) is 0.0501. The number of hydrogen-bond donors (Lipinski definition) is 7. The summed E-state index contributed by atoms with van der Waals surface area (Å²) in [7, 11) is -4.83. The second-order valence-electron chi connectivity index (χ2n) is 10.0. The van der Waals surface area contributed by atoms with E-state index in [2.05, 4.69) is 26.1 Å². The van der Waals surface area contributed by atoms with Gasteiger partial charge in [-0.1, -0.05) is 5.16 Å². The number of nitrogen functional groups attached to an aromatic ring is 1. The number of β-lactam (4-membered cyclic amide) rings is 1. The number of amidine groups is 1. The first kappa shape index (κ1) is 32.6. The van der Waals surface area contributed by atoms with Crippen LogP contribution in [0.25, 0.3) is 0 Å². The highest BCUT2D eigenvalue weighted by molar-refractivity contribution is 7.84. The van der Waals surface area contributed by atoms with Crippen LogP contribution in [-0.4, -0.2) is 101 Å². The number of rotatable bonds is 12. The smallest absolute Gasteiger partial charge is 0.362 e. The summed E-state index contributed by atoms with van der Waals surface area (Å²) in [5, 5.41) is 30.5. The zero-order valence-corrected chi connectivity index (χ0v) is 25.3. The predicted octanol–water partition coefficient (Wildman–Crippen LogP) is -0.528. The minimum absolute atomic E-state index is 0.0447. The molecule has 0 bridgehead atoms. The van der Waals surface area contributed by atoms with Gasteiger partial charge in [0.15, 0.2) is 10.8 Å². The first-order valence-corrected chi connectivity index (χ1v) is 15.6. The third-order valence-corrected chi connectivity index (χ3v) is 8.67. The Labute approximate surface area is 256 Å². The van der Waals surface area contributed by atoms with Crippen LogP contribution in [0.2, 0.25) is 0 Å². The van der Waals surface area contributed by atoms with Crippen LogP contribution in [0.1, 0.15) is 35.9 Å². The lowest BCUT2D eigenvalue weighted by molar-refractivity contribution is -0.152. The second kappa shape index (κ2) is 13.5. The first-order chi connectivity index (χ1) is 20.8. The van der Waals surface area contributed by atoms with Gasteiger partial charge in [-0.3, -0.25) is 19.6 Å². The number of carbonyl (C=O) groups excluding carboxylic acids is 2. The molecule has 44 heavy (non-hydrogen) atoms. The number of thiazole rings is 1. The van der Waals surface area contributed by atoms with Crippen LogP contribution in [0.3, 0.4) is 0 Å². The van der Waals surface area contributed by atoms with Crippen molar-refractivity contribution in [3.63, 3.8) is 0 Å². The van der Waals surface area contributed by atoms with Gasteiger partial charge in [0.05, 0.1) is 6.04 Å². The molecule has 238 valence electrons. The van der Waals surface area contributed by atoms with Crippen LogP contribution >= 0.6 is 11.3 Å². The van der Waals surface area contributed by atoms with E-state index in [4.69, 9.17) is 20.7 Å². The van der Waals surface area contributed by atoms with Crippen molar-refractivity contribution >= 4 is 56.1 Å². The molecule has 2 aromatic rings. The number of aliphatic carboxylic acids is 1. The number of benzene rings is 1. The summed E-state index contributed by atoms with van der Waals surface area (Å²) in [5.74, 6) is -3.03. The number of amides is 2. The van der Waals surface area contributed by atoms with Gasteiger partial charge in [0.2, 0.25) is 0 Å². The highest BCUT2D eigenvalue weighted by atomic mass is 32.2. The third kappa shape index (κ3) is 7.59. The molecule has 0 spiro atoms. The number of anilines is 1. The van der Waals surface area contributed by atoms with Gasteiger partial charge in [0.25, 0.3) is 17.9 Å². The topological polar surface area (TPSA) is 259 Å². The number of hydrogen-bond acceptors (Lipinski definition) is 13. The predicted molar refractivity (Wildman–Crippen MR) is 158 cm³/mol. The number of nitrogens with one attached hydrogen (secondary N) is 4.